The zero-order valence-electron chi connectivity index (χ0n) is 21.2. The minimum absolute atomic E-state index is 0.250. The number of nitrogens with zero attached hydrogens (tertiary/aromatic N) is 3. The Morgan fingerprint density at radius 3 is 2.32 bits per heavy atom. The Morgan fingerprint density at radius 2 is 1.70 bits per heavy atom. The third-order valence-corrected chi connectivity index (χ3v) is 6.20. The van der Waals surface area contributed by atoms with Crippen molar-refractivity contribution in [3.8, 4) is 0 Å². The molecule has 0 aliphatic carbocycles. The van der Waals surface area contributed by atoms with E-state index < -0.39 is 5.91 Å². The van der Waals surface area contributed by atoms with E-state index in [1.807, 2.05) is 36.4 Å². The number of rotatable bonds is 10. The molecule has 9 nitrogen and oxygen atoms in total. The molecule has 1 aromatic heterocycles. The Morgan fingerprint density at radius 1 is 1.03 bits per heavy atom. The molecule has 1 amide bonds. The molecule has 1 fully saturated rings. The van der Waals surface area contributed by atoms with Crippen molar-refractivity contribution in [2.45, 2.75) is 26.3 Å². The fourth-order valence-corrected chi connectivity index (χ4v) is 4.17. The van der Waals surface area contributed by atoms with Crippen molar-refractivity contribution in [2.75, 3.05) is 48.3 Å². The molecule has 4 N–H and O–H groups in total. The van der Waals surface area contributed by atoms with Gasteiger partial charge in [-0.15, -0.1) is 0 Å². The molecule has 0 unspecified atom stereocenters. The van der Waals surface area contributed by atoms with Gasteiger partial charge in [-0.25, -0.2) is 4.98 Å². The van der Waals surface area contributed by atoms with E-state index in [4.69, 9.17) is 15.3 Å². The van der Waals surface area contributed by atoms with E-state index in [-0.39, 0.29) is 6.15 Å². The number of hydrogen-bond donors (Lipinski definition) is 3. The van der Waals surface area contributed by atoms with Crippen LogP contribution in [-0.4, -0.2) is 54.7 Å². The first-order valence-electron chi connectivity index (χ1n) is 12.4. The highest BCUT2D eigenvalue weighted by atomic mass is 16.2. The van der Waals surface area contributed by atoms with E-state index in [0.29, 0.717) is 23.6 Å². The second-order valence-electron chi connectivity index (χ2n) is 8.76. The quantitative estimate of drug-likeness (QED) is 0.382. The normalized spacial score (nSPS) is 13.2. The molecule has 1 saturated heterocycles. The summed E-state index contributed by atoms with van der Waals surface area (Å²) in [4.78, 5) is 37.5. The SMILES string of the molecule is CCCCN1CCN(c2ccc(Nc3cc(NCc4ccccc4)c(C(N)=O)cn3)cc2)CC1.O=C=O. The van der Waals surface area contributed by atoms with E-state index in [2.05, 4.69) is 56.6 Å². The zero-order chi connectivity index (χ0) is 26.5. The first-order valence-corrected chi connectivity index (χ1v) is 12.4. The zero-order valence-corrected chi connectivity index (χ0v) is 21.2. The van der Waals surface area contributed by atoms with Crippen molar-refractivity contribution in [1.29, 1.82) is 0 Å². The van der Waals surface area contributed by atoms with Crippen LogP contribution in [0.15, 0.2) is 66.9 Å². The van der Waals surface area contributed by atoms with Gasteiger partial charge in [0, 0.05) is 56.4 Å². The molecule has 0 saturated carbocycles. The number of nitrogens with one attached hydrogen (secondary N) is 2. The van der Waals surface area contributed by atoms with Crippen molar-refractivity contribution in [3.63, 3.8) is 0 Å². The summed E-state index contributed by atoms with van der Waals surface area (Å²) in [7, 11) is 0. The topological polar surface area (TPSA) is 121 Å². The first-order chi connectivity index (χ1) is 18.0. The largest absolute Gasteiger partial charge is 0.380 e. The highest BCUT2D eigenvalue weighted by Gasteiger charge is 2.16. The fraction of sp³-hybridized carbons (Fsp3) is 0.321. The van der Waals surface area contributed by atoms with Crippen LogP contribution in [0.2, 0.25) is 0 Å². The Hall–Kier alpha value is -4.20. The smallest absolute Gasteiger partial charge is 0.373 e. The number of unbranched alkanes of at least 4 members (excludes halogenated alkanes) is 1. The number of primary amides is 1. The lowest BCUT2D eigenvalue weighted by molar-refractivity contribution is -0.191. The Labute approximate surface area is 217 Å². The van der Waals surface area contributed by atoms with Gasteiger partial charge in [0.05, 0.1) is 11.3 Å². The molecule has 2 aromatic carbocycles. The number of benzene rings is 2. The minimum Gasteiger partial charge on any atom is -0.380 e. The van der Waals surface area contributed by atoms with Gasteiger partial charge in [0.1, 0.15) is 5.82 Å². The standard InChI is InChI=1S/C27H34N6O.CO2/c1-2-3-13-32-14-16-33(17-15-32)23-11-9-22(10-12-23)31-26-18-25(24(20-30-26)27(28)34)29-19-21-7-5-4-6-8-21;2-1-3/h4-12,18,20H,2-3,13-17,19H2,1H3,(H2,28,34)(H2,29,30,31);. The van der Waals surface area contributed by atoms with Crippen LogP contribution in [0.5, 0.6) is 0 Å². The Bertz CT molecular complexity index is 1160. The summed E-state index contributed by atoms with van der Waals surface area (Å²) in [5.74, 6) is 0.145. The lowest BCUT2D eigenvalue weighted by Crippen LogP contribution is -2.46. The molecule has 0 spiro atoms. The molecule has 0 atom stereocenters. The summed E-state index contributed by atoms with van der Waals surface area (Å²) in [6.45, 7) is 8.40. The van der Waals surface area contributed by atoms with Crippen LogP contribution in [-0.2, 0) is 16.1 Å². The molecule has 1 aliphatic heterocycles. The van der Waals surface area contributed by atoms with Crippen LogP contribution < -0.4 is 21.3 Å². The number of piperazine rings is 1. The average molecular weight is 503 g/mol. The van der Waals surface area contributed by atoms with Crippen LogP contribution in [0.3, 0.4) is 0 Å². The van der Waals surface area contributed by atoms with Crippen LogP contribution in [0.25, 0.3) is 0 Å². The minimum atomic E-state index is -0.506. The van der Waals surface area contributed by atoms with E-state index in [1.165, 1.54) is 31.3 Å². The predicted molar refractivity (Wildman–Crippen MR) is 145 cm³/mol. The third-order valence-electron chi connectivity index (χ3n) is 6.20. The van der Waals surface area contributed by atoms with E-state index in [1.54, 1.807) is 0 Å². The van der Waals surface area contributed by atoms with Gasteiger partial charge in [-0.1, -0.05) is 43.7 Å². The Balaban J connectivity index is 0.00000121. The maximum absolute atomic E-state index is 11.9. The molecular weight excluding hydrogens is 468 g/mol. The highest BCUT2D eigenvalue weighted by Crippen LogP contribution is 2.24. The fourth-order valence-electron chi connectivity index (χ4n) is 4.17. The summed E-state index contributed by atoms with van der Waals surface area (Å²) in [5, 5.41) is 6.65. The van der Waals surface area contributed by atoms with Crippen molar-refractivity contribution >= 4 is 34.9 Å². The number of pyridine rings is 1. The van der Waals surface area contributed by atoms with Gasteiger partial charge in [-0.05, 0) is 42.8 Å². The second-order valence-corrected chi connectivity index (χ2v) is 8.76. The van der Waals surface area contributed by atoms with E-state index >= 15 is 0 Å². The van der Waals surface area contributed by atoms with Crippen LogP contribution >= 0.6 is 0 Å². The third kappa shape index (κ3) is 8.45. The van der Waals surface area contributed by atoms with Crippen molar-refractivity contribution < 1.29 is 14.4 Å². The van der Waals surface area contributed by atoms with Gasteiger partial charge < -0.3 is 21.3 Å². The van der Waals surface area contributed by atoms with Gasteiger partial charge in [0.25, 0.3) is 5.91 Å². The summed E-state index contributed by atoms with van der Waals surface area (Å²) >= 11 is 0. The second kappa shape index (κ2) is 14.4. The first kappa shape index (κ1) is 27.4. The number of hydrogen-bond acceptors (Lipinski definition) is 8. The lowest BCUT2D eigenvalue weighted by atomic mass is 10.2. The number of aromatic nitrogens is 1. The molecule has 4 rings (SSSR count). The summed E-state index contributed by atoms with van der Waals surface area (Å²) in [6, 6.07) is 20.3. The van der Waals surface area contributed by atoms with Gasteiger partial charge >= 0.3 is 6.15 Å². The lowest BCUT2D eigenvalue weighted by Gasteiger charge is -2.36. The van der Waals surface area contributed by atoms with Crippen LogP contribution in [0.1, 0.15) is 35.7 Å². The van der Waals surface area contributed by atoms with E-state index in [9.17, 15) is 4.79 Å². The summed E-state index contributed by atoms with van der Waals surface area (Å²) in [6.07, 6.45) is 4.29. The van der Waals surface area contributed by atoms with E-state index in [0.717, 1.165) is 37.4 Å². The molecule has 3 aromatic rings. The number of carbonyl (C=O) groups is 1. The Kier molecular flexibility index (Phi) is 10.6. The molecule has 1 aliphatic rings. The van der Waals surface area contributed by atoms with Crippen molar-refractivity contribution in [3.05, 3.63) is 78.0 Å². The monoisotopic (exact) mass is 502 g/mol. The van der Waals surface area contributed by atoms with Gasteiger partial charge in [-0.2, -0.15) is 9.59 Å². The average Bonchev–Trinajstić information content (AvgIpc) is 2.92. The maximum atomic E-state index is 11.9. The van der Waals surface area contributed by atoms with Gasteiger partial charge in [0.2, 0.25) is 0 Å². The number of nitrogens with two attached hydrogens (primary N) is 1. The molecular formula is C28H34N6O3. The highest BCUT2D eigenvalue weighted by molar-refractivity contribution is 5.98. The number of amides is 1. The molecule has 194 valence electrons. The molecule has 37 heavy (non-hydrogen) atoms. The summed E-state index contributed by atoms with van der Waals surface area (Å²) < 4.78 is 0. The maximum Gasteiger partial charge on any atom is 0.373 e. The van der Waals surface area contributed by atoms with Gasteiger partial charge in [-0.3, -0.25) is 9.69 Å². The van der Waals surface area contributed by atoms with Gasteiger partial charge in [0.15, 0.2) is 0 Å². The predicted octanol–water partition coefficient (Wildman–Crippen LogP) is 3.87. The van der Waals surface area contributed by atoms with Crippen molar-refractivity contribution in [2.24, 2.45) is 5.73 Å². The number of anilines is 4. The molecule has 9 heteroatoms. The molecule has 2 heterocycles. The molecule has 0 radical (unpaired) electrons. The summed E-state index contributed by atoms with van der Waals surface area (Å²) in [5.41, 5.74) is 9.89. The molecule has 0 bridgehead atoms. The van der Waals surface area contributed by atoms with Crippen LogP contribution in [0, 0.1) is 0 Å². The van der Waals surface area contributed by atoms with Crippen molar-refractivity contribution in [1.82, 2.24) is 9.88 Å². The van der Waals surface area contributed by atoms with Crippen LogP contribution in [0.4, 0.5) is 22.9 Å². The number of carbonyl (C=O) groups excluding carboxylic acids is 3.